The number of hydrogen-bond donors (Lipinski definition) is 5. The molecule has 0 amide bonds. The van der Waals surface area contributed by atoms with Crippen molar-refractivity contribution in [3.8, 4) is 6.07 Å². The molecule has 2 heterocycles. The Morgan fingerprint density at radius 2 is 2.21 bits per heavy atom. The third-order valence-electron chi connectivity index (χ3n) is 5.14. The van der Waals surface area contributed by atoms with E-state index in [9.17, 15) is 0 Å². The second-order valence-electron chi connectivity index (χ2n) is 6.81. The van der Waals surface area contributed by atoms with Crippen molar-refractivity contribution < 1.29 is 0 Å². The first-order chi connectivity index (χ1) is 13.7. The van der Waals surface area contributed by atoms with Crippen molar-refractivity contribution >= 4 is 35.5 Å². The highest BCUT2D eigenvalue weighted by Crippen LogP contribution is 2.31. The van der Waals surface area contributed by atoms with Crippen molar-refractivity contribution in [3.05, 3.63) is 30.5 Å². The summed E-state index contributed by atoms with van der Waals surface area (Å²) in [5.74, 6) is 0. The summed E-state index contributed by atoms with van der Waals surface area (Å²) < 4.78 is 0. The van der Waals surface area contributed by atoms with Crippen LogP contribution < -0.4 is 10.6 Å². The van der Waals surface area contributed by atoms with E-state index in [1.54, 1.807) is 0 Å². The molecule has 144 valence electrons. The second kappa shape index (κ2) is 8.90. The molecule has 28 heavy (non-hydrogen) atoms. The minimum absolute atomic E-state index is 0.256. The first-order valence-electron chi connectivity index (χ1n) is 9.12. The highest BCUT2D eigenvalue weighted by molar-refractivity contribution is 6.11. The largest absolute Gasteiger partial charge is 0.388 e. The zero-order chi connectivity index (χ0) is 19.8. The van der Waals surface area contributed by atoms with Gasteiger partial charge in [-0.25, -0.2) is 15.0 Å². The summed E-state index contributed by atoms with van der Waals surface area (Å²) in [7, 11) is 0. The Morgan fingerprint density at radius 3 is 2.93 bits per heavy atom. The summed E-state index contributed by atoms with van der Waals surface area (Å²) >= 11 is 0. The fourth-order valence-corrected chi connectivity index (χ4v) is 3.56. The fourth-order valence-electron chi connectivity index (χ4n) is 3.56. The van der Waals surface area contributed by atoms with E-state index in [0.29, 0.717) is 17.7 Å². The third-order valence-corrected chi connectivity index (χ3v) is 5.14. The predicted molar refractivity (Wildman–Crippen MR) is 109 cm³/mol. The Morgan fingerprint density at radius 1 is 1.39 bits per heavy atom. The van der Waals surface area contributed by atoms with Crippen LogP contribution in [0.2, 0.25) is 0 Å². The first-order valence-corrected chi connectivity index (χ1v) is 9.12. The van der Waals surface area contributed by atoms with Gasteiger partial charge < -0.3 is 21.0 Å². The molecule has 0 radical (unpaired) electrons. The van der Waals surface area contributed by atoms with Gasteiger partial charge in [0.2, 0.25) is 0 Å². The number of nitriles is 1. The predicted octanol–water partition coefficient (Wildman–Crippen LogP) is 2.36. The average Bonchev–Trinajstić information content (AvgIpc) is 3.20. The Balaban J connectivity index is 1.67. The van der Waals surface area contributed by atoms with Crippen molar-refractivity contribution in [2.24, 2.45) is 4.99 Å². The second-order valence-corrected chi connectivity index (χ2v) is 6.81. The lowest BCUT2D eigenvalue weighted by atomic mass is 9.77. The van der Waals surface area contributed by atoms with E-state index in [1.807, 2.05) is 18.5 Å². The van der Waals surface area contributed by atoms with Crippen LogP contribution in [0.5, 0.6) is 0 Å². The number of hydrogen-bond acceptors (Lipinski definition) is 6. The molecular formula is C19H23N9. The zero-order valence-electron chi connectivity index (χ0n) is 15.4. The Bertz CT molecular complexity index is 926. The number of rotatable bonds is 8. The number of fused-ring (bicyclic) bond motifs is 1. The summed E-state index contributed by atoms with van der Waals surface area (Å²) in [6.07, 6.45) is 12.7. The van der Waals surface area contributed by atoms with Crippen molar-refractivity contribution in [1.29, 1.82) is 16.1 Å². The van der Waals surface area contributed by atoms with Gasteiger partial charge in [-0.2, -0.15) is 5.26 Å². The molecule has 0 unspecified atom stereocenters. The number of H-pyrrole nitrogens is 1. The lowest BCUT2D eigenvalue weighted by Gasteiger charge is -2.39. The van der Waals surface area contributed by atoms with Crippen LogP contribution in [0.15, 0.2) is 29.8 Å². The van der Waals surface area contributed by atoms with Gasteiger partial charge in [-0.15, -0.1) is 0 Å². The van der Waals surface area contributed by atoms with E-state index in [0.717, 1.165) is 43.1 Å². The number of aliphatic imine (C=N–C) groups is 1. The molecule has 0 atom stereocenters. The van der Waals surface area contributed by atoms with Crippen LogP contribution in [-0.2, 0) is 0 Å². The van der Waals surface area contributed by atoms with Gasteiger partial charge in [-0.1, -0.05) is 0 Å². The van der Waals surface area contributed by atoms with Crippen molar-refractivity contribution in [2.45, 2.75) is 43.7 Å². The fraction of sp³-hybridized carbons (Fsp3) is 0.368. The van der Waals surface area contributed by atoms with Gasteiger partial charge in [0.25, 0.3) is 0 Å². The SMILES string of the molecule is N#CC[C@]1(N/C=N\C=N)CC[C@@H](N/C=C(\C=N)c2ncnc3[nH]ccc23)CC1. The minimum Gasteiger partial charge on any atom is -0.388 e. The molecule has 1 aliphatic rings. The molecule has 2 aromatic heterocycles. The van der Waals surface area contributed by atoms with Gasteiger partial charge in [0.1, 0.15) is 18.3 Å². The van der Waals surface area contributed by atoms with Gasteiger partial charge in [0.15, 0.2) is 0 Å². The summed E-state index contributed by atoms with van der Waals surface area (Å²) in [5, 5.41) is 31.4. The normalized spacial score (nSPS) is 22.7. The molecule has 0 aromatic carbocycles. The first kappa shape index (κ1) is 19.2. The molecule has 9 nitrogen and oxygen atoms in total. The molecule has 9 heteroatoms. The molecule has 1 saturated carbocycles. The van der Waals surface area contributed by atoms with Gasteiger partial charge in [-0.3, -0.25) is 5.41 Å². The molecule has 0 spiro atoms. The zero-order valence-corrected chi connectivity index (χ0v) is 15.4. The van der Waals surface area contributed by atoms with Crippen molar-refractivity contribution in [2.75, 3.05) is 0 Å². The van der Waals surface area contributed by atoms with Crippen LogP contribution in [0.25, 0.3) is 16.6 Å². The number of allylic oxidation sites excluding steroid dienone is 1. The highest BCUT2D eigenvalue weighted by atomic mass is 15.0. The quantitative estimate of drug-likeness (QED) is 0.353. The molecule has 1 aliphatic carbocycles. The number of nitrogens with one attached hydrogen (secondary N) is 5. The molecule has 1 fully saturated rings. The molecule has 3 rings (SSSR count). The van der Waals surface area contributed by atoms with Crippen LogP contribution in [0.4, 0.5) is 0 Å². The highest BCUT2D eigenvalue weighted by Gasteiger charge is 2.34. The molecule has 0 bridgehead atoms. The summed E-state index contributed by atoms with van der Waals surface area (Å²) in [6.45, 7) is 0. The minimum atomic E-state index is -0.294. The van der Waals surface area contributed by atoms with Crippen LogP contribution >= 0.6 is 0 Å². The molecule has 5 N–H and O–H groups in total. The Hall–Kier alpha value is -3.54. The van der Waals surface area contributed by atoms with Crippen LogP contribution in [0.3, 0.4) is 0 Å². The topological polar surface area (TPSA) is 149 Å². The standard InChI is InChI=1S/C19H23N9/c20-7-6-19(28-12-23-11-22)4-1-15(2-5-19)25-10-14(9-21)17-16-3-8-24-18(16)27-13-26-17/h3,8-13,15,21,25H,1-2,4-6H2,(H2,22,23,28)(H,24,26,27)/b14-10+,21-9?/t15-,19+. The number of aromatic nitrogens is 3. The molecule has 0 saturated heterocycles. The maximum Gasteiger partial charge on any atom is 0.141 e. The molecular weight excluding hydrogens is 354 g/mol. The van der Waals surface area contributed by atoms with E-state index < -0.39 is 0 Å². The van der Waals surface area contributed by atoms with Gasteiger partial charge in [0, 0.05) is 35.6 Å². The maximum absolute atomic E-state index is 9.16. The number of nitrogens with zero attached hydrogens (tertiary/aromatic N) is 4. The van der Waals surface area contributed by atoms with Crippen LogP contribution in [-0.4, -0.2) is 45.4 Å². The lowest BCUT2D eigenvalue weighted by Crippen LogP contribution is -2.49. The van der Waals surface area contributed by atoms with Gasteiger partial charge in [-0.05, 0) is 31.7 Å². The lowest BCUT2D eigenvalue weighted by molar-refractivity contribution is 0.240. The van der Waals surface area contributed by atoms with E-state index in [2.05, 4.69) is 36.6 Å². The van der Waals surface area contributed by atoms with E-state index >= 15 is 0 Å². The van der Waals surface area contributed by atoms with Crippen molar-refractivity contribution in [1.82, 2.24) is 25.6 Å². The smallest absolute Gasteiger partial charge is 0.141 e. The van der Waals surface area contributed by atoms with Crippen LogP contribution in [0, 0.1) is 22.1 Å². The summed E-state index contributed by atoms with van der Waals surface area (Å²) in [6, 6.07) is 4.41. The van der Waals surface area contributed by atoms with E-state index in [1.165, 1.54) is 18.9 Å². The third kappa shape index (κ3) is 4.23. The monoisotopic (exact) mass is 377 g/mol. The number of aromatic amines is 1. The van der Waals surface area contributed by atoms with E-state index in [4.69, 9.17) is 16.1 Å². The summed E-state index contributed by atoms with van der Waals surface area (Å²) in [4.78, 5) is 15.3. The van der Waals surface area contributed by atoms with Gasteiger partial charge in [0.05, 0.1) is 30.1 Å². The van der Waals surface area contributed by atoms with Crippen LogP contribution in [0.1, 0.15) is 37.8 Å². The average molecular weight is 377 g/mol. The summed E-state index contributed by atoms with van der Waals surface area (Å²) in [5.41, 5.74) is 1.86. The Kier molecular flexibility index (Phi) is 6.11. The van der Waals surface area contributed by atoms with Crippen molar-refractivity contribution in [3.63, 3.8) is 0 Å². The van der Waals surface area contributed by atoms with Gasteiger partial charge >= 0.3 is 0 Å². The Labute approximate surface area is 163 Å². The maximum atomic E-state index is 9.16. The van der Waals surface area contributed by atoms with E-state index in [-0.39, 0.29) is 11.6 Å². The molecule has 0 aliphatic heterocycles. The molecule has 2 aromatic rings.